The first-order valence-electron chi connectivity index (χ1n) is 8.31. The Kier molecular flexibility index (Phi) is 5.92. The molecule has 0 bridgehead atoms. The van der Waals surface area contributed by atoms with Crippen molar-refractivity contribution in [3.05, 3.63) is 23.7 Å². The monoisotopic (exact) mass is 276 g/mol. The van der Waals surface area contributed by atoms with E-state index < -0.39 is 0 Å². The van der Waals surface area contributed by atoms with Crippen molar-refractivity contribution in [1.82, 2.24) is 0 Å². The van der Waals surface area contributed by atoms with E-state index in [-0.39, 0.29) is 7.12 Å². The molecule has 0 spiro atoms. The molecule has 2 atom stereocenters. The van der Waals surface area contributed by atoms with Gasteiger partial charge in [-0.05, 0) is 36.6 Å². The van der Waals surface area contributed by atoms with Gasteiger partial charge < -0.3 is 9.31 Å². The molecule has 0 saturated carbocycles. The second-order valence-electron chi connectivity index (χ2n) is 6.55. The fourth-order valence-corrected chi connectivity index (χ4v) is 3.34. The van der Waals surface area contributed by atoms with E-state index in [9.17, 15) is 0 Å². The van der Waals surface area contributed by atoms with E-state index in [1.807, 2.05) is 0 Å². The maximum atomic E-state index is 6.28. The summed E-state index contributed by atoms with van der Waals surface area (Å²) in [6.45, 7) is 9.09. The highest BCUT2D eigenvalue weighted by Crippen LogP contribution is 2.32. The minimum atomic E-state index is -0.142. The molecule has 1 fully saturated rings. The Labute approximate surface area is 124 Å². The van der Waals surface area contributed by atoms with E-state index in [2.05, 4.69) is 45.9 Å². The van der Waals surface area contributed by atoms with Gasteiger partial charge in [0.1, 0.15) is 0 Å². The highest BCUT2D eigenvalue weighted by atomic mass is 16.6. The van der Waals surface area contributed by atoms with Gasteiger partial charge in [0.2, 0.25) is 0 Å². The van der Waals surface area contributed by atoms with Gasteiger partial charge in [-0.3, -0.25) is 0 Å². The van der Waals surface area contributed by atoms with Gasteiger partial charge in [-0.15, -0.1) is 0 Å². The predicted octanol–water partition coefficient (Wildman–Crippen LogP) is 4.56. The number of hydrogen-bond donors (Lipinski definition) is 0. The molecule has 0 N–H and O–H groups in total. The SMILES string of the molecule is CCC(CC)C1CC(CC(C)C)OB(C2=CCC=C2)O1. The molecule has 1 aliphatic heterocycles. The summed E-state index contributed by atoms with van der Waals surface area (Å²) >= 11 is 0. The second-order valence-corrected chi connectivity index (χ2v) is 6.55. The van der Waals surface area contributed by atoms with Crippen molar-refractivity contribution in [2.24, 2.45) is 11.8 Å². The van der Waals surface area contributed by atoms with Gasteiger partial charge in [-0.2, -0.15) is 0 Å². The standard InChI is InChI=1S/C17H29BO2/c1-5-14(6-2)17-12-16(11-13(3)4)19-18(20-17)15-9-7-8-10-15/h7,9-10,13-14,16-17H,5-6,8,11-12H2,1-4H3. The summed E-state index contributed by atoms with van der Waals surface area (Å²) in [5.74, 6) is 1.33. The van der Waals surface area contributed by atoms with E-state index >= 15 is 0 Å². The topological polar surface area (TPSA) is 18.5 Å². The third-order valence-electron chi connectivity index (χ3n) is 4.49. The molecular formula is C17H29BO2. The fourth-order valence-electron chi connectivity index (χ4n) is 3.34. The maximum Gasteiger partial charge on any atom is 0.493 e. The lowest BCUT2D eigenvalue weighted by Gasteiger charge is -2.38. The molecule has 0 amide bonds. The van der Waals surface area contributed by atoms with Crippen LogP contribution in [0, 0.1) is 11.8 Å². The molecule has 2 nitrogen and oxygen atoms in total. The van der Waals surface area contributed by atoms with Crippen LogP contribution in [0.3, 0.4) is 0 Å². The van der Waals surface area contributed by atoms with E-state index in [0.717, 1.165) is 19.3 Å². The highest BCUT2D eigenvalue weighted by Gasteiger charge is 2.38. The zero-order valence-electron chi connectivity index (χ0n) is 13.5. The third kappa shape index (κ3) is 3.99. The van der Waals surface area contributed by atoms with Gasteiger partial charge in [0.25, 0.3) is 0 Å². The quantitative estimate of drug-likeness (QED) is 0.662. The van der Waals surface area contributed by atoms with Crippen LogP contribution in [0.1, 0.15) is 59.8 Å². The van der Waals surface area contributed by atoms with Crippen LogP contribution in [0.4, 0.5) is 0 Å². The van der Waals surface area contributed by atoms with Crippen molar-refractivity contribution in [2.75, 3.05) is 0 Å². The van der Waals surface area contributed by atoms with E-state index in [0.29, 0.717) is 24.0 Å². The highest BCUT2D eigenvalue weighted by molar-refractivity contribution is 6.55. The van der Waals surface area contributed by atoms with Gasteiger partial charge in [0, 0.05) is 12.2 Å². The summed E-state index contributed by atoms with van der Waals surface area (Å²) in [6, 6.07) is 0. The van der Waals surface area contributed by atoms with Gasteiger partial charge in [0.15, 0.2) is 0 Å². The van der Waals surface area contributed by atoms with Crippen molar-refractivity contribution in [2.45, 2.75) is 72.0 Å². The van der Waals surface area contributed by atoms with Crippen LogP contribution in [0.25, 0.3) is 0 Å². The minimum Gasteiger partial charge on any atom is -0.404 e. The molecule has 0 aromatic carbocycles. The Bertz CT molecular complexity index is 358. The summed E-state index contributed by atoms with van der Waals surface area (Å²) in [4.78, 5) is 0. The Morgan fingerprint density at radius 2 is 2.00 bits per heavy atom. The molecule has 0 radical (unpaired) electrons. The molecule has 2 unspecified atom stereocenters. The summed E-state index contributed by atoms with van der Waals surface area (Å²) in [7, 11) is -0.142. The fraction of sp³-hybridized carbons (Fsp3) is 0.765. The first-order valence-corrected chi connectivity index (χ1v) is 8.31. The molecule has 0 aromatic heterocycles. The molecule has 1 heterocycles. The molecular weight excluding hydrogens is 247 g/mol. The number of rotatable bonds is 6. The molecule has 1 saturated heterocycles. The number of allylic oxidation sites excluding steroid dienone is 4. The van der Waals surface area contributed by atoms with Crippen molar-refractivity contribution in [1.29, 1.82) is 0 Å². The van der Waals surface area contributed by atoms with Gasteiger partial charge in [-0.25, -0.2) is 0 Å². The number of hydrogen-bond acceptors (Lipinski definition) is 2. The third-order valence-corrected chi connectivity index (χ3v) is 4.49. The van der Waals surface area contributed by atoms with Crippen molar-refractivity contribution in [3.8, 4) is 0 Å². The summed E-state index contributed by atoms with van der Waals surface area (Å²) < 4.78 is 12.5. The van der Waals surface area contributed by atoms with Crippen LogP contribution in [0.5, 0.6) is 0 Å². The lowest BCUT2D eigenvalue weighted by molar-refractivity contribution is -0.0163. The lowest BCUT2D eigenvalue weighted by atomic mass is 9.74. The normalized spacial score (nSPS) is 26.7. The Morgan fingerprint density at radius 3 is 2.55 bits per heavy atom. The van der Waals surface area contributed by atoms with E-state index in [1.165, 1.54) is 18.3 Å². The van der Waals surface area contributed by atoms with Crippen molar-refractivity contribution < 1.29 is 9.31 Å². The van der Waals surface area contributed by atoms with Crippen LogP contribution < -0.4 is 0 Å². The van der Waals surface area contributed by atoms with Crippen molar-refractivity contribution in [3.63, 3.8) is 0 Å². The van der Waals surface area contributed by atoms with Crippen LogP contribution in [0.15, 0.2) is 23.7 Å². The second kappa shape index (κ2) is 7.47. The lowest BCUT2D eigenvalue weighted by Crippen LogP contribution is -2.45. The zero-order chi connectivity index (χ0) is 14.5. The van der Waals surface area contributed by atoms with Gasteiger partial charge in [0.05, 0.1) is 0 Å². The minimum absolute atomic E-state index is 0.142. The van der Waals surface area contributed by atoms with Crippen LogP contribution >= 0.6 is 0 Å². The zero-order valence-corrected chi connectivity index (χ0v) is 13.5. The molecule has 20 heavy (non-hydrogen) atoms. The molecule has 3 heteroatoms. The molecule has 112 valence electrons. The summed E-state index contributed by atoms with van der Waals surface area (Å²) in [6.07, 6.45) is 12.8. The summed E-state index contributed by atoms with van der Waals surface area (Å²) in [5.41, 5.74) is 1.22. The van der Waals surface area contributed by atoms with Gasteiger partial charge in [-0.1, -0.05) is 58.8 Å². The first-order chi connectivity index (χ1) is 9.63. The maximum absolute atomic E-state index is 6.28. The van der Waals surface area contributed by atoms with E-state index in [1.54, 1.807) is 0 Å². The Balaban J connectivity index is 2.07. The van der Waals surface area contributed by atoms with Crippen LogP contribution in [0.2, 0.25) is 0 Å². The average Bonchev–Trinajstić information content (AvgIpc) is 2.93. The van der Waals surface area contributed by atoms with E-state index in [4.69, 9.17) is 9.31 Å². The predicted molar refractivity (Wildman–Crippen MR) is 85.5 cm³/mol. The molecule has 1 aliphatic carbocycles. The molecule has 0 aromatic rings. The molecule has 2 aliphatic rings. The summed E-state index contributed by atoms with van der Waals surface area (Å²) in [5, 5.41) is 0. The van der Waals surface area contributed by atoms with Crippen LogP contribution in [-0.4, -0.2) is 19.3 Å². The Morgan fingerprint density at radius 1 is 1.25 bits per heavy atom. The average molecular weight is 276 g/mol. The molecule has 2 rings (SSSR count). The Hall–Kier alpha value is -0.535. The smallest absolute Gasteiger partial charge is 0.404 e. The van der Waals surface area contributed by atoms with Crippen LogP contribution in [-0.2, 0) is 9.31 Å². The largest absolute Gasteiger partial charge is 0.493 e. The first kappa shape index (κ1) is 15.8. The van der Waals surface area contributed by atoms with Crippen molar-refractivity contribution >= 4 is 7.12 Å². The van der Waals surface area contributed by atoms with Gasteiger partial charge >= 0.3 is 7.12 Å².